The predicted molar refractivity (Wildman–Crippen MR) is 117 cm³/mol. The average Bonchev–Trinajstić information content (AvgIpc) is 2.70. The van der Waals surface area contributed by atoms with Crippen LogP contribution in [-0.2, 0) is 15.4 Å². The molecule has 0 fully saturated rings. The molecule has 7 heteroatoms. The van der Waals surface area contributed by atoms with Crippen LogP contribution in [0.1, 0.15) is 43.6 Å². The molecular weight excluding hydrogens is 388 g/mol. The van der Waals surface area contributed by atoms with Crippen molar-refractivity contribution in [3.8, 4) is 5.75 Å². The maximum absolute atomic E-state index is 12.2. The number of hydrogen-bond acceptors (Lipinski definition) is 4. The van der Waals surface area contributed by atoms with Crippen LogP contribution in [0.4, 0.5) is 5.69 Å². The summed E-state index contributed by atoms with van der Waals surface area (Å²) < 4.78 is 30.7. The van der Waals surface area contributed by atoms with Crippen LogP contribution in [0.25, 0.3) is 0 Å². The van der Waals surface area contributed by atoms with Crippen molar-refractivity contribution in [2.75, 3.05) is 30.3 Å². The Kier molecular flexibility index (Phi) is 7.30. The quantitative estimate of drug-likeness (QED) is 0.665. The molecule has 0 aliphatic heterocycles. The molecule has 0 heterocycles. The average molecular weight is 419 g/mol. The highest BCUT2D eigenvalue weighted by atomic mass is 32.2. The zero-order valence-corrected chi connectivity index (χ0v) is 18.5. The zero-order valence-electron chi connectivity index (χ0n) is 17.7. The van der Waals surface area contributed by atoms with Gasteiger partial charge in [0, 0.05) is 12.6 Å². The monoisotopic (exact) mass is 418 g/mol. The van der Waals surface area contributed by atoms with Gasteiger partial charge in [-0.25, -0.2) is 8.42 Å². The summed E-state index contributed by atoms with van der Waals surface area (Å²) >= 11 is 0. The Labute approximate surface area is 173 Å². The van der Waals surface area contributed by atoms with Crippen LogP contribution in [0.5, 0.6) is 5.75 Å². The molecule has 0 aliphatic carbocycles. The fourth-order valence-electron chi connectivity index (χ4n) is 2.66. The Hall–Kier alpha value is -2.54. The second kappa shape index (κ2) is 9.31. The van der Waals surface area contributed by atoms with E-state index in [4.69, 9.17) is 4.74 Å². The molecule has 0 bridgehead atoms. The molecule has 6 nitrogen and oxygen atoms in total. The molecule has 2 aromatic carbocycles. The van der Waals surface area contributed by atoms with Crippen LogP contribution < -0.4 is 14.4 Å². The molecule has 0 atom stereocenters. The minimum Gasteiger partial charge on any atom is -0.492 e. The Balaban J connectivity index is 1.84. The van der Waals surface area contributed by atoms with Gasteiger partial charge in [0.1, 0.15) is 12.4 Å². The van der Waals surface area contributed by atoms with E-state index < -0.39 is 10.0 Å². The lowest BCUT2D eigenvalue weighted by Crippen LogP contribution is -2.29. The van der Waals surface area contributed by atoms with Crippen LogP contribution in [0.2, 0.25) is 0 Å². The van der Waals surface area contributed by atoms with Gasteiger partial charge in [-0.1, -0.05) is 32.9 Å². The summed E-state index contributed by atoms with van der Waals surface area (Å²) in [6, 6.07) is 14.4. The summed E-state index contributed by atoms with van der Waals surface area (Å²) in [4.78, 5) is 12.2. The summed E-state index contributed by atoms with van der Waals surface area (Å²) in [5.41, 5.74) is 2.31. The van der Waals surface area contributed by atoms with E-state index in [1.54, 1.807) is 31.2 Å². The molecule has 1 N–H and O–H groups in total. The number of hydrogen-bond donors (Lipinski definition) is 1. The summed E-state index contributed by atoms with van der Waals surface area (Å²) in [6.07, 6.45) is 0. The molecule has 0 saturated heterocycles. The van der Waals surface area contributed by atoms with Crippen LogP contribution in [0.3, 0.4) is 0 Å². The molecule has 1 amide bonds. The maximum atomic E-state index is 12.2. The molecule has 0 unspecified atom stereocenters. The summed E-state index contributed by atoms with van der Waals surface area (Å²) in [7, 11) is -1.82. The van der Waals surface area contributed by atoms with Crippen molar-refractivity contribution in [2.24, 2.45) is 0 Å². The van der Waals surface area contributed by atoms with Gasteiger partial charge in [-0.3, -0.25) is 9.10 Å². The van der Waals surface area contributed by atoms with E-state index in [-0.39, 0.29) is 17.1 Å². The van der Waals surface area contributed by atoms with Crippen LogP contribution in [-0.4, -0.2) is 40.3 Å². The van der Waals surface area contributed by atoms with Gasteiger partial charge >= 0.3 is 0 Å². The van der Waals surface area contributed by atoms with Gasteiger partial charge in [-0.2, -0.15) is 0 Å². The topological polar surface area (TPSA) is 75.7 Å². The number of benzene rings is 2. The first-order valence-electron chi connectivity index (χ1n) is 9.63. The van der Waals surface area contributed by atoms with E-state index >= 15 is 0 Å². The molecule has 0 aromatic heterocycles. The van der Waals surface area contributed by atoms with E-state index in [9.17, 15) is 13.2 Å². The van der Waals surface area contributed by atoms with Crippen LogP contribution in [0.15, 0.2) is 48.5 Å². The highest BCUT2D eigenvalue weighted by Crippen LogP contribution is 2.24. The van der Waals surface area contributed by atoms with Crippen molar-refractivity contribution in [3.63, 3.8) is 0 Å². The molecule has 2 aromatic rings. The van der Waals surface area contributed by atoms with Gasteiger partial charge in [0.25, 0.3) is 5.91 Å². The predicted octanol–water partition coefficient (Wildman–Crippen LogP) is 3.58. The third-order valence-corrected chi connectivity index (χ3v) is 6.43. The summed E-state index contributed by atoms with van der Waals surface area (Å²) in [6.45, 7) is 8.79. The number of carbonyl (C=O) groups is 1. The maximum Gasteiger partial charge on any atom is 0.251 e. The van der Waals surface area contributed by atoms with Crippen molar-refractivity contribution in [1.82, 2.24) is 5.32 Å². The Bertz CT molecular complexity index is 915. The first-order chi connectivity index (χ1) is 13.5. The SMILES string of the molecule is CCS(=O)(=O)N(C)c1ccc(C(=O)NCCOc2ccc(C(C)(C)C)cc2)cc1. The smallest absolute Gasteiger partial charge is 0.251 e. The minimum atomic E-state index is -3.32. The first kappa shape index (κ1) is 22.7. The lowest BCUT2D eigenvalue weighted by Gasteiger charge is -2.19. The molecule has 0 spiro atoms. The zero-order chi connectivity index (χ0) is 21.7. The molecule has 0 aliphatic rings. The van der Waals surface area contributed by atoms with E-state index in [0.717, 1.165) is 5.75 Å². The minimum absolute atomic E-state index is 0.0185. The fraction of sp³-hybridized carbons (Fsp3) is 0.409. The molecule has 0 radical (unpaired) electrons. The highest BCUT2D eigenvalue weighted by Gasteiger charge is 2.16. The molecule has 158 valence electrons. The molecule has 2 rings (SSSR count). The van der Waals surface area contributed by atoms with Crippen molar-refractivity contribution in [2.45, 2.75) is 33.1 Å². The summed E-state index contributed by atoms with van der Waals surface area (Å²) in [5.74, 6) is 0.547. The van der Waals surface area contributed by atoms with E-state index in [1.165, 1.54) is 16.9 Å². The van der Waals surface area contributed by atoms with Crippen molar-refractivity contribution >= 4 is 21.6 Å². The number of rotatable bonds is 8. The number of carbonyl (C=O) groups excluding carboxylic acids is 1. The largest absolute Gasteiger partial charge is 0.492 e. The molecule has 0 saturated carbocycles. The lowest BCUT2D eigenvalue weighted by molar-refractivity contribution is 0.0947. The number of ether oxygens (including phenoxy) is 1. The second-order valence-electron chi connectivity index (χ2n) is 7.79. The standard InChI is InChI=1S/C22H30N2O4S/c1-6-29(26,27)24(5)19-11-7-17(8-12-19)21(25)23-15-16-28-20-13-9-18(10-14-20)22(2,3)4/h7-14H,6,15-16H2,1-5H3,(H,23,25). The Morgan fingerprint density at radius 2 is 1.62 bits per heavy atom. The van der Waals surface area contributed by atoms with Crippen LogP contribution >= 0.6 is 0 Å². The second-order valence-corrected chi connectivity index (χ2v) is 10.1. The number of anilines is 1. The molecule has 29 heavy (non-hydrogen) atoms. The van der Waals surface area contributed by atoms with Crippen molar-refractivity contribution in [3.05, 3.63) is 59.7 Å². The van der Waals surface area contributed by atoms with E-state index in [2.05, 4.69) is 26.1 Å². The van der Waals surface area contributed by atoms with Crippen LogP contribution in [0, 0.1) is 0 Å². The normalized spacial score (nSPS) is 11.8. The van der Waals surface area contributed by atoms with E-state index in [1.807, 2.05) is 24.3 Å². The van der Waals surface area contributed by atoms with Gasteiger partial charge in [-0.15, -0.1) is 0 Å². The Morgan fingerprint density at radius 3 is 2.14 bits per heavy atom. The van der Waals surface area contributed by atoms with E-state index in [0.29, 0.717) is 24.4 Å². The lowest BCUT2D eigenvalue weighted by atomic mass is 9.87. The van der Waals surface area contributed by atoms with Gasteiger partial charge < -0.3 is 10.1 Å². The molecular formula is C22H30N2O4S. The van der Waals surface area contributed by atoms with Crippen molar-refractivity contribution in [1.29, 1.82) is 0 Å². The number of nitrogens with zero attached hydrogens (tertiary/aromatic N) is 1. The van der Waals surface area contributed by atoms with Gasteiger partial charge in [0.15, 0.2) is 0 Å². The number of nitrogens with one attached hydrogen (secondary N) is 1. The summed E-state index contributed by atoms with van der Waals surface area (Å²) in [5, 5.41) is 2.80. The highest BCUT2D eigenvalue weighted by molar-refractivity contribution is 7.92. The fourth-order valence-corrected chi connectivity index (χ4v) is 3.49. The van der Waals surface area contributed by atoms with Gasteiger partial charge in [0.05, 0.1) is 18.0 Å². The third kappa shape index (κ3) is 6.22. The van der Waals surface area contributed by atoms with Crippen molar-refractivity contribution < 1.29 is 17.9 Å². The first-order valence-corrected chi connectivity index (χ1v) is 11.2. The number of sulfonamides is 1. The Morgan fingerprint density at radius 1 is 1.03 bits per heavy atom. The van der Waals surface area contributed by atoms with Gasteiger partial charge in [-0.05, 0) is 54.3 Å². The van der Waals surface area contributed by atoms with Gasteiger partial charge in [0.2, 0.25) is 10.0 Å². The number of amides is 1. The third-order valence-electron chi connectivity index (χ3n) is 4.65.